The summed E-state index contributed by atoms with van der Waals surface area (Å²) in [5.41, 5.74) is 2.81. The lowest BCUT2D eigenvalue weighted by Crippen LogP contribution is -2.52. The average Bonchev–Trinajstić information content (AvgIpc) is 3.36. The quantitative estimate of drug-likeness (QED) is 0.299. The molecule has 5 fully saturated rings. The third-order valence-corrected chi connectivity index (χ3v) is 12.6. The molecule has 0 aromatic heterocycles. The van der Waals surface area contributed by atoms with Crippen LogP contribution in [0.4, 0.5) is 0 Å². The second-order valence-corrected chi connectivity index (χ2v) is 14.4. The normalized spacial score (nSPS) is 49.4. The Bertz CT molecular complexity index is 1100. The molecule has 4 unspecified atom stereocenters. The highest BCUT2D eigenvalue weighted by Crippen LogP contribution is 2.70. The predicted octanol–water partition coefficient (Wildman–Crippen LogP) is 7.58. The number of fused-ring (bicyclic) bond motifs is 7. The largest absolute Gasteiger partial charge is 0.458 e. The first-order valence-electron chi connectivity index (χ1n) is 15.5. The summed E-state index contributed by atoms with van der Waals surface area (Å²) in [5, 5.41) is 0. The van der Waals surface area contributed by atoms with Crippen LogP contribution in [0.15, 0.2) is 42.0 Å². The Labute approximate surface area is 228 Å². The Morgan fingerprint density at radius 1 is 1.00 bits per heavy atom. The van der Waals surface area contributed by atoms with Crippen LogP contribution in [0.3, 0.4) is 0 Å². The topological polar surface area (TPSA) is 44.8 Å². The number of esters is 1. The third-order valence-electron chi connectivity index (χ3n) is 12.6. The molecule has 7 rings (SSSR count). The molecule has 0 radical (unpaired) electrons. The first-order valence-corrected chi connectivity index (χ1v) is 15.5. The number of ether oxygens (including phenoxy) is 3. The van der Waals surface area contributed by atoms with Gasteiger partial charge in [-0.3, -0.25) is 0 Å². The molecule has 2 heterocycles. The van der Waals surface area contributed by atoms with Crippen LogP contribution in [0, 0.1) is 46.3 Å². The third kappa shape index (κ3) is 3.65. The van der Waals surface area contributed by atoms with Crippen LogP contribution < -0.4 is 0 Å². The summed E-state index contributed by atoms with van der Waals surface area (Å²) >= 11 is 0. The van der Waals surface area contributed by atoms with Crippen molar-refractivity contribution in [2.75, 3.05) is 6.61 Å². The predicted molar refractivity (Wildman–Crippen MR) is 147 cm³/mol. The summed E-state index contributed by atoms with van der Waals surface area (Å²) < 4.78 is 19.5. The zero-order valence-corrected chi connectivity index (χ0v) is 23.8. The standard InChI is InChI=1S/C34H46O4/c1-21-12-17-34(36-20-21)22(2)30-29(38-34)19-28-26-11-10-24-18-25(37-31(35)23-8-6-5-7-9-23)13-15-32(24,3)27(26)14-16-33(28,30)4/h5-10,21-22,25-30H,11-20H2,1-4H3/t21?,22-,25-,26?,27?,28?,29-,30-,32-,33-,34+/m0/s1. The second kappa shape index (κ2) is 8.93. The molecule has 3 saturated carbocycles. The summed E-state index contributed by atoms with van der Waals surface area (Å²) in [5.74, 6) is 3.46. The van der Waals surface area contributed by atoms with E-state index < -0.39 is 0 Å². The Balaban J connectivity index is 1.08. The van der Waals surface area contributed by atoms with E-state index in [-0.39, 0.29) is 23.3 Å². The summed E-state index contributed by atoms with van der Waals surface area (Å²) in [4.78, 5) is 12.7. The van der Waals surface area contributed by atoms with Gasteiger partial charge in [-0.15, -0.1) is 0 Å². The van der Waals surface area contributed by atoms with Gasteiger partial charge in [-0.2, -0.15) is 0 Å². The Kier molecular flexibility index (Phi) is 5.95. The van der Waals surface area contributed by atoms with E-state index in [0.717, 1.165) is 50.0 Å². The Hall–Kier alpha value is -1.65. The van der Waals surface area contributed by atoms with Crippen molar-refractivity contribution in [2.45, 2.75) is 103 Å². The van der Waals surface area contributed by atoms with Gasteiger partial charge in [0.05, 0.1) is 18.3 Å². The molecule has 4 heteroatoms. The monoisotopic (exact) mass is 518 g/mol. The van der Waals surface area contributed by atoms with Crippen LogP contribution in [0.1, 0.15) is 95.8 Å². The van der Waals surface area contributed by atoms with E-state index in [0.29, 0.717) is 34.8 Å². The first-order chi connectivity index (χ1) is 18.2. The van der Waals surface area contributed by atoms with Gasteiger partial charge in [0.1, 0.15) is 6.10 Å². The number of carbonyl (C=O) groups excluding carboxylic acids is 1. The van der Waals surface area contributed by atoms with Gasteiger partial charge in [0.25, 0.3) is 0 Å². The molecule has 1 aromatic carbocycles. The lowest BCUT2D eigenvalue weighted by atomic mass is 9.47. The van der Waals surface area contributed by atoms with Gasteiger partial charge in [-0.1, -0.05) is 57.5 Å². The second-order valence-electron chi connectivity index (χ2n) is 14.4. The number of benzene rings is 1. The van der Waals surface area contributed by atoms with Gasteiger partial charge in [0.2, 0.25) is 0 Å². The molecule has 0 bridgehead atoms. The maximum absolute atomic E-state index is 12.7. The van der Waals surface area contributed by atoms with Crippen molar-refractivity contribution >= 4 is 5.97 Å². The van der Waals surface area contributed by atoms with Crippen molar-refractivity contribution in [3.05, 3.63) is 47.5 Å². The highest BCUT2D eigenvalue weighted by molar-refractivity contribution is 5.89. The molecule has 0 N–H and O–H groups in total. The van der Waals surface area contributed by atoms with E-state index >= 15 is 0 Å². The SMILES string of the molecule is CC1CC[C@@]2(OC1)O[C@H]1CC3C4CC=C5C[C@@H](OC(=O)c6ccccc6)CC[C@]5(C)C4CC[C@]3(C)[C@H]1[C@@H]2C. The summed E-state index contributed by atoms with van der Waals surface area (Å²) in [6, 6.07) is 9.45. The highest BCUT2D eigenvalue weighted by Gasteiger charge is 2.68. The number of hydrogen-bond acceptors (Lipinski definition) is 4. The van der Waals surface area contributed by atoms with E-state index in [1.807, 2.05) is 30.3 Å². The minimum absolute atomic E-state index is 0.00178. The number of hydrogen-bond donors (Lipinski definition) is 0. The fraction of sp³-hybridized carbons (Fsp3) is 0.735. The molecule has 206 valence electrons. The zero-order chi connectivity index (χ0) is 26.3. The molecule has 0 amide bonds. The Morgan fingerprint density at radius 3 is 2.58 bits per heavy atom. The molecule has 11 atom stereocenters. The number of carbonyl (C=O) groups is 1. The molecule has 6 aliphatic rings. The lowest BCUT2D eigenvalue weighted by Gasteiger charge is -2.58. The van der Waals surface area contributed by atoms with E-state index in [2.05, 4.69) is 33.8 Å². The first kappa shape index (κ1) is 25.3. The zero-order valence-electron chi connectivity index (χ0n) is 23.8. The van der Waals surface area contributed by atoms with Gasteiger partial charge < -0.3 is 14.2 Å². The van der Waals surface area contributed by atoms with Crippen LogP contribution in [0.25, 0.3) is 0 Å². The van der Waals surface area contributed by atoms with E-state index in [1.54, 1.807) is 5.57 Å². The molecule has 4 nitrogen and oxygen atoms in total. The van der Waals surface area contributed by atoms with Crippen molar-refractivity contribution in [1.82, 2.24) is 0 Å². The van der Waals surface area contributed by atoms with Crippen LogP contribution in [-0.4, -0.2) is 30.6 Å². The molecule has 1 spiro atoms. The molecule has 2 saturated heterocycles. The number of rotatable bonds is 2. The van der Waals surface area contributed by atoms with Gasteiger partial charge in [-0.25, -0.2) is 4.79 Å². The molecule has 38 heavy (non-hydrogen) atoms. The summed E-state index contributed by atoms with van der Waals surface area (Å²) in [7, 11) is 0. The van der Waals surface area contributed by atoms with Gasteiger partial charge in [0.15, 0.2) is 5.79 Å². The molecule has 1 aromatic rings. The van der Waals surface area contributed by atoms with Crippen molar-refractivity contribution in [3.63, 3.8) is 0 Å². The van der Waals surface area contributed by atoms with Crippen LogP contribution in [0.2, 0.25) is 0 Å². The molecule has 2 aliphatic heterocycles. The number of allylic oxidation sites excluding steroid dienone is 1. The fourth-order valence-electron chi connectivity index (χ4n) is 10.5. The minimum atomic E-state index is -0.326. The highest BCUT2D eigenvalue weighted by atomic mass is 16.7. The van der Waals surface area contributed by atoms with Crippen molar-refractivity contribution in [1.29, 1.82) is 0 Å². The summed E-state index contributed by atoms with van der Waals surface area (Å²) in [6.45, 7) is 10.7. The fourth-order valence-corrected chi connectivity index (χ4v) is 10.5. The van der Waals surface area contributed by atoms with Crippen molar-refractivity contribution in [3.8, 4) is 0 Å². The van der Waals surface area contributed by atoms with Gasteiger partial charge in [-0.05, 0) is 97.5 Å². The average molecular weight is 519 g/mol. The van der Waals surface area contributed by atoms with E-state index in [4.69, 9.17) is 14.2 Å². The van der Waals surface area contributed by atoms with Gasteiger partial charge in [0, 0.05) is 18.8 Å². The van der Waals surface area contributed by atoms with Crippen molar-refractivity contribution in [2.24, 2.45) is 46.3 Å². The van der Waals surface area contributed by atoms with Gasteiger partial charge >= 0.3 is 5.97 Å². The van der Waals surface area contributed by atoms with Crippen LogP contribution in [0.5, 0.6) is 0 Å². The van der Waals surface area contributed by atoms with Crippen molar-refractivity contribution < 1.29 is 19.0 Å². The molecular weight excluding hydrogens is 472 g/mol. The Morgan fingerprint density at radius 2 is 1.82 bits per heavy atom. The lowest BCUT2D eigenvalue weighted by molar-refractivity contribution is -0.272. The summed E-state index contributed by atoms with van der Waals surface area (Å²) in [6.07, 6.45) is 13.3. The van der Waals surface area contributed by atoms with Crippen LogP contribution in [-0.2, 0) is 14.2 Å². The van der Waals surface area contributed by atoms with Crippen LogP contribution >= 0.6 is 0 Å². The van der Waals surface area contributed by atoms with E-state index in [9.17, 15) is 4.79 Å². The molecular formula is C34H46O4. The molecule has 4 aliphatic carbocycles. The van der Waals surface area contributed by atoms with E-state index in [1.165, 1.54) is 32.1 Å². The smallest absolute Gasteiger partial charge is 0.338 e. The maximum atomic E-state index is 12.7. The maximum Gasteiger partial charge on any atom is 0.338 e. The minimum Gasteiger partial charge on any atom is -0.458 e.